The minimum Gasteiger partial charge on any atom is -0.480 e. The third-order valence-electron chi connectivity index (χ3n) is 1.84. The van der Waals surface area contributed by atoms with Crippen LogP contribution in [0.1, 0.15) is 5.56 Å². The first kappa shape index (κ1) is 12.1. The SMILES string of the molecule is O=C(O)CNC(=O)Cc1c(F)cccc1F. The van der Waals surface area contributed by atoms with Gasteiger partial charge >= 0.3 is 5.97 Å². The molecule has 86 valence electrons. The maximum Gasteiger partial charge on any atom is 0.322 e. The number of carbonyl (C=O) groups excluding carboxylic acids is 1. The van der Waals surface area contributed by atoms with Gasteiger partial charge in [0.05, 0.1) is 6.42 Å². The largest absolute Gasteiger partial charge is 0.480 e. The normalized spacial score (nSPS) is 9.88. The Balaban J connectivity index is 2.66. The molecule has 16 heavy (non-hydrogen) atoms. The molecular formula is C10H9F2NO3. The highest BCUT2D eigenvalue weighted by Gasteiger charge is 2.13. The van der Waals surface area contributed by atoms with E-state index in [1.165, 1.54) is 6.07 Å². The summed E-state index contributed by atoms with van der Waals surface area (Å²) in [4.78, 5) is 21.2. The Kier molecular flexibility index (Phi) is 3.93. The van der Waals surface area contributed by atoms with Crippen LogP contribution < -0.4 is 5.32 Å². The second-order valence-corrected chi connectivity index (χ2v) is 3.05. The van der Waals surface area contributed by atoms with Crippen molar-refractivity contribution in [2.75, 3.05) is 6.54 Å². The number of halogens is 2. The van der Waals surface area contributed by atoms with Crippen molar-refractivity contribution in [1.29, 1.82) is 0 Å². The molecule has 2 N–H and O–H groups in total. The molecule has 1 aromatic carbocycles. The first-order chi connectivity index (χ1) is 7.50. The van der Waals surface area contributed by atoms with Gasteiger partial charge in [0.2, 0.25) is 5.91 Å². The van der Waals surface area contributed by atoms with Crippen LogP contribution in [0.25, 0.3) is 0 Å². The maximum atomic E-state index is 13.1. The predicted octanol–water partition coefficient (Wildman–Crippen LogP) is 0.708. The lowest BCUT2D eigenvalue weighted by Gasteiger charge is -2.04. The molecule has 6 heteroatoms. The van der Waals surface area contributed by atoms with Crippen molar-refractivity contribution in [3.05, 3.63) is 35.4 Å². The third-order valence-corrected chi connectivity index (χ3v) is 1.84. The van der Waals surface area contributed by atoms with E-state index >= 15 is 0 Å². The lowest BCUT2D eigenvalue weighted by atomic mass is 10.1. The molecule has 0 aliphatic carbocycles. The molecule has 0 spiro atoms. The maximum absolute atomic E-state index is 13.1. The molecule has 0 radical (unpaired) electrons. The molecule has 0 fully saturated rings. The summed E-state index contributed by atoms with van der Waals surface area (Å²) in [6.07, 6.45) is -0.522. The molecule has 0 bridgehead atoms. The highest BCUT2D eigenvalue weighted by Crippen LogP contribution is 2.12. The Morgan fingerprint density at radius 1 is 1.25 bits per heavy atom. The van der Waals surface area contributed by atoms with Crippen molar-refractivity contribution in [2.24, 2.45) is 0 Å². The van der Waals surface area contributed by atoms with Gasteiger partial charge in [-0.15, -0.1) is 0 Å². The summed E-state index contributed by atoms with van der Waals surface area (Å²) in [5.41, 5.74) is -0.370. The predicted molar refractivity (Wildman–Crippen MR) is 50.7 cm³/mol. The van der Waals surface area contributed by atoms with Crippen LogP contribution in [0.5, 0.6) is 0 Å². The van der Waals surface area contributed by atoms with Crippen LogP contribution in [0.15, 0.2) is 18.2 Å². The topological polar surface area (TPSA) is 66.4 Å². The van der Waals surface area contributed by atoms with Crippen molar-refractivity contribution in [3.8, 4) is 0 Å². The Morgan fingerprint density at radius 3 is 2.31 bits per heavy atom. The number of benzene rings is 1. The Bertz CT molecular complexity index is 400. The third kappa shape index (κ3) is 3.30. The van der Waals surface area contributed by atoms with Gasteiger partial charge in [-0.2, -0.15) is 0 Å². The molecule has 0 aliphatic rings. The standard InChI is InChI=1S/C10H9F2NO3/c11-7-2-1-3-8(12)6(7)4-9(14)13-5-10(15)16/h1-3H,4-5H2,(H,13,14)(H,15,16). The van der Waals surface area contributed by atoms with Gasteiger partial charge in [-0.1, -0.05) is 6.07 Å². The monoisotopic (exact) mass is 229 g/mol. The Labute approximate surface area is 89.9 Å². The lowest BCUT2D eigenvalue weighted by Crippen LogP contribution is -2.30. The molecule has 0 aromatic heterocycles. The summed E-state index contributed by atoms with van der Waals surface area (Å²) in [5.74, 6) is -3.62. The number of nitrogens with one attached hydrogen (secondary N) is 1. The second-order valence-electron chi connectivity index (χ2n) is 3.05. The summed E-state index contributed by atoms with van der Waals surface area (Å²) in [6.45, 7) is -0.574. The zero-order valence-electron chi connectivity index (χ0n) is 8.17. The van der Waals surface area contributed by atoms with Gasteiger partial charge in [0.15, 0.2) is 0 Å². The molecule has 4 nitrogen and oxygen atoms in total. The number of amides is 1. The average molecular weight is 229 g/mol. The molecule has 1 aromatic rings. The van der Waals surface area contributed by atoms with Crippen LogP contribution in [-0.4, -0.2) is 23.5 Å². The molecule has 0 atom stereocenters. The van der Waals surface area contributed by atoms with Gasteiger partial charge in [0, 0.05) is 5.56 Å². The van der Waals surface area contributed by atoms with Crippen LogP contribution in [0.2, 0.25) is 0 Å². The van der Waals surface area contributed by atoms with Gasteiger partial charge in [0.1, 0.15) is 18.2 Å². The number of rotatable bonds is 4. The fourth-order valence-corrected chi connectivity index (χ4v) is 1.10. The van der Waals surface area contributed by atoms with E-state index in [-0.39, 0.29) is 5.56 Å². The van der Waals surface area contributed by atoms with Gasteiger partial charge < -0.3 is 10.4 Å². The lowest BCUT2D eigenvalue weighted by molar-refractivity contribution is -0.137. The van der Waals surface area contributed by atoms with Gasteiger partial charge in [0.25, 0.3) is 0 Å². The summed E-state index contributed by atoms with van der Waals surface area (Å²) >= 11 is 0. The van der Waals surface area contributed by atoms with Crippen molar-refractivity contribution in [1.82, 2.24) is 5.32 Å². The Hall–Kier alpha value is -1.98. The molecule has 0 saturated carbocycles. The van der Waals surface area contributed by atoms with E-state index in [0.29, 0.717) is 0 Å². The first-order valence-electron chi connectivity index (χ1n) is 4.42. The highest BCUT2D eigenvalue weighted by atomic mass is 19.1. The summed E-state index contributed by atoms with van der Waals surface area (Å²) in [7, 11) is 0. The number of carboxylic acid groups (broad SMARTS) is 1. The van der Waals surface area contributed by atoms with Gasteiger partial charge in [-0.3, -0.25) is 9.59 Å². The van der Waals surface area contributed by atoms with Crippen LogP contribution in [0, 0.1) is 11.6 Å². The quantitative estimate of drug-likeness (QED) is 0.799. The van der Waals surface area contributed by atoms with E-state index < -0.39 is 36.5 Å². The summed E-state index contributed by atoms with van der Waals surface area (Å²) in [5, 5.41) is 10.3. The van der Waals surface area contributed by atoms with Crippen LogP contribution in [-0.2, 0) is 16.0 Å². The number of hydrogen-bond donors (Lipinski definition) is 2. The summed E-state index contributed by atoms with van der Waals surface area (Å²) < 4.78 is 26.1. The zero-order valence-corrected chi connectivity index (χ0v) is 8.17. The molecule has 0 unspecified atom stereocenters. The molecular weight excluding hydrogens is 220 g/mol. The van der Waals surface area contributed by atoms with Crippen molar-refractivity contribution in [2.45, 2.75) is 6.42 Å². The number of carbonyl (C=O) groups is 2. The van der Waals surface area contributed by atoms with Crippen LogP contribution in [0.4, 0.5) is 8.78 Å². The second kappa shape index (κ2) is 5.20. The first-order valence-corrected chi connectivity index (χ1v) is 4.42. The van der Waals surface area contributed by atoms with E-state index in [0.717, 1.165) is 12.1 Å². The molecule has 1 rings (SSSR count). The van der Waals surface area contributed by atoms with E-state index in [9.17, 15) is 18.4 Å². The van der Waals surface area contributed by atoms with Crippen molar-refractivity contribution < 1.29 is 23.5 Å². The zero-order chi connectivity index (χ0) is 12.1. The van der Waals surface area contributed by atoms with Crippen molar-refractivity contribution in [3.63, 3.8) is 0 Å². The number of carboxylic acids is 1. The van der Waals surface area contributed by atoms with E-state index in [2.05, 4.69) is 0 Å². The Morgan fingerprint density at radius 2 is 1.81 bits per heavy atom. The van der Waals surface area contributed by atoms with Crippen molar-refractivity contribution >= 4 is 11.9 Å². The molecule has 0 saturated heterocycles. The fraction of sp³-hybridized carbons (Fsp3) is 0.200. The van der Waals surface area contributed by atoms with Crippen LogP contribution >= 0.6 is 0 Å². The smallest absolute Gasteiger partial charge is 0.322 e. The van der Waals surface area contributed by atoms with E-state index in [4.69, 9.17) is 5.11 Å². The molecule has 0 heterocycles. The van der Waals surface area contributed by atoms with E-state index in [1.54, 1.807) is 0 Å². The summed E-state index contributed by atoms with van der Waals surface area (Å²) in [6, 6.07) is 3.25. The van der Waals surface area contributed by atoms with Gasteiger partial charge in [-0.25, -0.2) is 8.78 Å². The number of aliphatic carboxylic acids is 1. The molecule has 0 aliphatic heterocycles. The highest BCUT2D eigenvalue weighted by molar-refractivity contribution is 5.82. The molecule has 1 amide bonds. The van der Waals surface area contributed by atoms with E-state index in [1.807, 2.05) is 5.32 Å². The number of hydrogen-bond acceptors (Lipinski definition) is 2. The average Bonchev–Trinajstić information content (AvgIpc) is 2.21. The fourth-order valence-electron chi connectivity index (χ4n) is 1.10. The van der Waals surface area contributed by atoms with Gasteiger partial charge in [-0.05, 0) is 12.1 Å². The van der Waals surface area contributed by atoms with Crippen LogP contribution in [0.3, 0.4) is 0 Å². The minimum atomic E-state index is -1.22. The minimum absolute atomic E-state index is 0.370.